The molecule has 0 radical (unpaired) electrons. The molecule has 156 valence electrons. The van der Waals surface area contributed by atoms with Gasteiger partial charge in [-0.05, 0) is 55.7 Å². The van der Waals surface area contributed by atoms with Crippen LogP contribution in [-0.2, 0) is 6.54 Å². The number of nitrogens with zero attached hydrogens (tertiary/aromatic N) is 2. The lowest BCUT2D eigenvalue weighted by atomic mass is 9.82. The summed E-state index contributed by atoms with van der Waals surface area (Å²) in [7, 11) is 0. The van der Waals surface area contributed by atoms with Crippen molar-refractivity contribution in [2.75, 3.05) is 23.7 Å². The van der Waals surface area contributed by atoms with Gasteiger partial charge in [0.15, 0.2) is 0 Å². The number of hydrogen-bond acceptors (Lipinski definition) is 6. The van der Waals surface area contributed by atoms with Crippen molar-refractivity contribution < 1.29 is 4.92 Å². The first-order chi connectivity index (χ1) is 14.0. The molecule has 0 atom stereocenters. The predicted octanol–water partition coefficient (Wildman–Crippen LogP) is 5.09. The number of rotatable bonds is 8. The van der Waals surface area contributed by atoms with Crippen LogP contribution in [0.3, 0.4) is 0 Å². The minimum Gasteiger partial charge on any atom is -0.379 e. The Labute approximate surface area is 180 Å². The molecule has 0 aliphatic heterocycles. The minimum atomic E-state index is -0.418. The minimum absolute atomic E-state index is 0.0352. The maximum atomic E-state index is 11.4. The number of aromatic nitrogens is 1. The maximum Gasteiger partial charge on any atom is 0.310 e. The van der Waals surface area contributed by atoms with Gasteiger partial charge in [0, 0.05) is 19.2 Å². The third kappa shape index (κ3) is 5.72. The van der Waals surface area contributed by atoms with Gasteiger partial charge < -0.3 is 16.4 Å². The fourth-order valence-corrected chi connectivity index (χ4v) is 4.02. The van der Waals surface area contributed by atoms with E-state index in [1.54, 1.807) is 12.1 Å². The van der Waals surface area contributed by atoms with Crippen LogP contribution in [0.25, 0.3) is 0 Å². The van der Waals surface area contributed by atoms with Crippen molar-refractivity contribution in [3.05, 3.63) is 56.2 Å². The Kier molecular flexibility index (Phi) is 7.52. The number of pyridine rings is 1. The van der Waals surface area contributed by atoms with Crippen LogP contribution in [0.5, 0.6) is 0 Å². The summed E-state index contributed by atoms with van der Waals surface area (Å²) >= 11 is 12.3. The molecule has 29 heavy (non-hydrogen) atoms. The summed E-state index contributed by atoms with van der Waals surface area (Å²) in [5.41, 5.74) is 7.00. The zero-order chi connectivity index (χ0) is 20.8. The molecule has 2 aromatic rings. The summed E-state index contributed by atoms with van der Waals surface area (Å²) < 4.78 is 0. The number of nitro groups is 1. The fourth-order valence-electron chi connectivity index (χ4n) is 3.63. The number of hydrogen-bond donors (Lipinski definition) is 3. The molecule has 7 nitrogen and oxygen atoms in total. The quantitative estimate of drug-likeness (QED) is 0.392. The highest BCUT2D eigenvalue weighted by Gasteiger charge is 2.22. The van der Waals surface area contributed by atoms with Gasteiger partial charge in [0.2, 0.25) is 0 Å². The zero-order valence-corrected chi connectivity index (χ0v) is 17.5. The van der Waals surface area contributed by atoms with E-state index in [0.29, 0.717) is 46.5 Å². The first kappa shape index (κ1) is 21.6. The van der Waals surface area contributed by atoms with Crippen molar-refractivity contribution >= 4 is 40.4 Å². The van der Waals surface area contributed by atoms with E-state index in [-0.39, 0.29) is 5.69 Å². The van der Waals surface area contributed by atoms with E-state index in [4.69, 9.17) is 28.9 Å². The molecule has 9 heteroatoms. The van der Waals surface area contributed by atoms with Crippen molar-refractivity contribution in [1.82, 2.24) is 4.98 Å². The highest BCUT2D eigenvalue weighted by Crippen LogP contribution is 2.31. The van der Waals surface area contributed by atoms with E-state index in [0.717, 1.165) is 37.8 Å². The van der Waals surface area contributed by atoms with Gasteiger partial charge in [-0.1, -0.05) is 35.3 Å². The molecular formula is C20H25Cl2N5O2. The molecule has 0 saturated heterocycles. The molecule has 0 amide bonds. The monoisotopic (exact) mass is 437 g/mol. The Bertz CT molecular complexity index is 857. The second-order valence-electron chi connectivity index (χ2n) is 7.41. The molecule has 3 rings (SSSR count). The summed E-state index contributed by atoms with van der Waals surface area (Å²) in [4.78, 5) is 15.1. The molecular weight excluding hydrogens is 413 g/mol. The van der Waals surface area contributed by atoms with Gasteiger partial charge in [-0.25, -0.2) is 4.98 Å². The number of halogens is 2. The molecule has 1 aromatic carbocycles. The van der Waals surface area contributed by atoms with Gasteiger partial charge >= 0.3 is 5.69 Å². The smallest absolute Gasteiger partial charge is 0.310 e. The molecule has 1 fully saturated rings. The zero-order valence-electron chi connectivity index (χ0n) is 16.0. The van der Waals surface area contributed by atoms with Crippen molar-refractivity contribution in [2.24, 2.45) is 17.6 Å². The summed E-state index contributed by atoms with van der Waals surface area (Å²) in [6.07, 6.45) is 5.69. The van der Waals surface area contributed by atoms with Gasteiger partial charge in [-0.15, -0.1) is 0 Å². The van der Waals surface area contributed by atoms with E-state index in [1.165, 1.54) is 6.20 Å². The lowest BCUT2D eigenvalue weighted by Crippen LogP contribution is -2.25. The average Bonchev–Trinajstić information content (AvgIpc) is 2.73. The Morgan fingerprint density at radius 2 is 1.90 bits per heavy atom. The third-order valence-electron chi connectivity index (χ3n) is 5.45. The maximum absolute atomic E-state index is 11.4. The number of anilines is 2. The molecule has 1 aliphatic rings. The Balaban J connectivity index is 1.66. The summed E-state index contributed by atoms with van der Waals surface area (Å²) in [6, 6.07) is 7.08. The molecule has 1 saturated carbocycles. The molecule has 0 spiro atoms. The van der Waals surface area contributed by atoms with Crippen LogP contribution in [0.4, 0.5) is 17.2 Å². The largest absolute Gasteiger partial charge is 0.379 e. The Hall–Kier alpha value is -2.09. The normalized spacial score (nSPS) is 19.0. The topological polar surface area (TPSA) is 106 Å². The first-order valence-electron chi connectivity index (χ1n) is 9.73. The van der Waals surface area contributed by atoms with Crippen LogP contribution < -0.4 is 16.4 Å². The number of nitrogens with one attached hydrogen (secondary N) is 2. The first-order valence-corrected chi connectivity index (χ1v) is 10.5. The highest BCUT2D eigenvalue weighted by atomic mass is 35.5. The number of benzene rings is 1. The Morgan fingerprint density at radius 3 is 2.59 bits per heavy atom. The summed E-state index contributed by atoms with van der Waals surface area (Å²) in [5, 5.41) is 18.8. The third-order valence-corrected chi connectivity index (χ3v) is 6.31. The second kappa shape index (κ2) is 10.1. The molecule has 0 bridgehead atoms. The second-order valence-corrected chi connectivity index (χ2v) is 8.20. The van der Waals surface area contributed by atoms with Crippen molar-refractivity contribution in [1.29, 1.82) is 0 Å². The highest BCUT2D eigenvalue weighted by molar-refractivity contribution is 6.42. The lowest BCUT2D eigenvalue weighted by Gasteiger charge is -2.27. The fraction of sp³-hybridized carbons (Fsp3) is 0.450. The van der Waals surface area contributed by atoms with E-state index >= 15 is 0 Å². The number of nitrogens with two attached hydrogens (primary N) is 1. The average molecular weight is 438 g/mol. The molecule has 1 heterocycles. The predicted molar refractivity (Wildman–Crippen MR) is 118 cm³/mol. The molecule has 0 unspecified atom stereocenters. The summed E-state index contributed by atoms with van der Waals surface area (Å²) in [5.74, 6) is 1.63. The lowest BCUT2D eigenvalue weighted by molar-refractivity contribution is -0.384. The van der Waals surface area contributed by atoms with Crippen LogP contribution in [0.2, 0.25) is 10.0 Å². The van der Waals surface area contributed by atoms with E-state index in [1.807, 2.05) is 12.1 Å². The van der Waals surface area contributed by atoms with Gasteiger partial charge in [0.1, 0.15) is 17.7 Å². The van der Waals surface area contributed by atoms with E-state index < -0.39 is 4.92 Å². The van der Waals surface area contributed by atoms with Gasteiger partial charge in [0.25, 0.3) is 0 Å². The standard InChI is InChI=1S/C20H25Cl2N5O2/c21-16-3-1-2-15(20(16)22)11-25-19-8-17(18(12-26-19)27(28)29)24-10-14-6-4-13(9-23)5-7-14/h1-3,8,12-14H,4-7,9-11,23H2,(H2,24,25,26). The molecule has 4 N–H and O–H groups in total. The van der Waals surface area contributed by atoms with Gasteiger partial charge in [-0.2, -0.15) is 0 Å². The Morgan fingerprint density at radius 1 is 1.17 bits per heavy atom. The molecule has 1 aromatic heterocycles. The van der Waals surface area contributed by atoms with Crippen molar-refractivity contribution in [3.8, 4) is 0 Å². The van der Waals surface area contributed by atoms with E-state index in [9.17, 15) is 10.1 Å². The molecule has 1 aliphatic carbocycles. The SMILES string of the molecule is NCC1CCC(CNc2cc(NCc3cccc(Cl)c3Cl)ncc2[N+](=O)[O-])CC1. The van der Waals surface area contributed by atoms with Crippen LogP contribution in [0, 0.1) is 22.0 Å². The van der Waals surface area contributed by atoms with Crippen LogP contribution in [0.15, 0.2) is 30.5 Å². The van der Waals surface area contributed by atoms with Crippen LogP contribution >= 0.6 is 23.2 Å². The van der Waals surface area contributed by atoms with Gasteiger partial charge in [-0.3, -0.25) is 10.1 Å². The van der Waals surface area contributed by atoms with E-state index in [2.05, 4.69) is 15.6 Å². The summed E-state index contributed by atoms with van der Waals surface area (Å²) in [6.45, 7) is 1.84. The van der Waals surface area contributed by atoms with Crippen molar-refractivity contribution in [3.63, 3.8) is 0 Å². The van der Waals surface area contributed by atoms with Crippen LogP contribution in [-0.4, -0.2) is 23.0 Å². The van der Waals surface area contributed by atoms with Crippen LogP contribution in [0.1, 0.15) is 31.2 Å². The van der Waals surface area contributed by atoms with Gasteiger partial charge in [0.05, 0.1) is 15.0 Å². The van der Waals surface area contributed by atoms with Crippen molar-refractivity contribution in [2.45, 2.75) is 32.2 Å².